The van der Waals surface area contributed by atoms with E-state index in [-0.39, 0.29) is 0 Å². The van der Waals surface area contributed by atoms with Gasteiger partial charge in [-0.25, -0.2) is 4.98 Å². The molecule has 0 aromatic carbocycles. The molecule has 2 rings (SSSR count). The molecule has 1 saturated carbocycles. The van der Waals surface area contributed by atoms with E-state index in [1.165, 1.54) is 6.42 Å². The fraction of sp³-hybridized carbons (Fsp3) is 0.765. The van der Waals surface area contributed by atoms with Crippen LogP contribution in [-0.2, 0) is 0 Å². The van der Waals surface area contributed by atoms with Crippen LogP contribution in [0.3, 0.4) is 0 Å². The van der Waals surface area contributed by atoms with Gasteiger partial charge in [-0.05, 0) is 36.5 Å². The molecule has 1 fully saturated rings. The minimum absolute atomic E-state index is 0.357. The lowest BCUT2D eigenvalue weighted by molar-refractivity contribution is 0.105. The van der Waals surface area contributed by atoms with Crippen LogP contribution in [0.4, 0.5) is 5.95 Å². The summed E-state index contributed by atoms with van der Waals surface area (Å²) in [6, 6.07) is 2.24. The predicted octanol–water partition coefficient (Wildman–Crippen LogP) is 4.28. The number of rotatable bonds is 5. The van der Waals surface area contributed by atoms with Gasteiger partial charge in [-0.3, -0.25) is 0 Å². The van der Waals surface area contributed by atoms with E-state index in [2.05, 4.69) is 49.9 Å². The molecule has 4 heteroatoms. The van der Waals surface area contributed by atoms with Crippen LogP contribution in [0.15, 0.2) is 12.3 Å². The van der Waals surface area contributed by atoms with E-state index in [0.717, 1.165) is 19.3 Å². The topological polar surface area (TPSA) is 47.0 Å². The summed E-state index contributed by atoms with van der Waals surface area (Å²) in [5.41, 5.74) is 0.714. The van der Waals surface area contributed by atoms with Crippen LogP contribution in [-0.4, -0.2) is 22.6 Å². The van der Waals surface area contributed by atoms with Crippen molar-refractivity contribution in [3.8, 4) is 5.88 Å². The molecular formula is C17H29N3O. The first-order valence-electron chi connectivity index (χ1n) is 8.02. The number of hydrogen-bond donors (Lipinski definition) is 1. The maximum Gasteiger partial charge on any atom is 0.226 e. The Morgan fingerprint density at radius 3 is 2.52 bits per heavy atom. The number of nitrogens with one attached hydrogen (secondary N) is 1. The van der Waals surface area contributed by atoms with E-state index in [0.29, 0.717) is 35.3 Å². The number of hydrogen-bond acceptors (Lipinski definition) is 4. The van der Waals surface area contributed by atoms with Crippen LogP contribution in [0, 0.1) is 10.8 Å². The second kappa shape index (κ2) is 6.20. The molecule has 1 heterocycles. The maximum absolute atomic E-state index is 5.58. The second-order valence-electron chi connectivity index (χ2n) is 7.82. The van der Waals surface area contributed by atoms with Gasteiger partial charge in [0.15, 0.2) is 0 Å². The molecular weight excluding hydrogens is 262 g/mol. The number of anilines is 1. The molecule has 118 valence electrons. The zero-order valence-corrected chi connectivity index (χ0v) is 14.1. The molecule has 0 bridgehead atoms. The first-order chi connectivity index (χ1) is 9.80. The van der Waals surface area contributed by atoms with E-state index in [1.54, 1.807) is 6.20 Å². The Morgan fingerprint density at radius 1 is 1.24 bits per heavy atom. The highest BCUT2D eigenvalue weighted by Gasteiger charge is 2.38. The molecule has 1 aromatic rings. The van der Waals surface area contributed by atoms with Gasteiger partial charge >= 0.3 is 0 Å². The van der Waals surface area contributed by atoms with Crippen LogP contribution < -0.4 is 10.1 Å². The predicted molar refractivity (Wildman–Crippen MR) is 86.6 cm³/mol. The molecule has 0 aliphatic heterocycles. The summed E-state index contributed by atoms with van der Waals surface area (Å²) in [5.74, 6) is 1.34. The quantitative estimate of drug-likeness (QED) is 0.879. The SMILES string of the molecule is CCCOc1ccnc(NC2CC(C)(C)CC(C)(C)C2)n1. The minimum atomic E-state index is 0.357. The monoisotopic (exact) mass is 291 g/mol. The highest BCUT2D eigenvalue weighted by atomic mass is 16.5. The zero-order chi connectivity index (χ0) is 15.5. The van der Waals surface area contributed by atoms with E-state index < -0.39 is 0 Å². The van der Waals surface area contributed by atoms with Gasteiger partial charge in [-0.2, -0.15) is 4.98 Å². The molecule has 0 radical (unpaired) electrons. The highest BCUT2D eigenvalue weighted by Crippen LogP contribution is 2.46. The molecule has 0 saturated heterocycles. The summed E-state index contributed by atoms with van der Waals surface area (Å²) in [6.45, 7) is 12.2. The van der Waals surface area contributed by atoms with Crippen molar-refractivity contribution in [2.24, 2.45) is 10.8 Å². The largest absolute Gasteiger partial charge is 0.478 e. The van der Waals surface area contributed by atoms with Crippen molar-refractivity contribution in [3.63, 3.8) is 0 Å². The minimum Gasteiger partial charge on any atom is -0.478 e. The lowest BCUT2D eigenvalue weighted by Crippen LogP contribution is -2.40. The summed E-state index contributed by atoms with van der Waals surface area (Å²) in [4.78, 5) is 8.79. The lowest BCUT2D eigenvalue weighted by atomic mass is 9.63. The van der Waals surface area contributed by atoms with E-state index in [1.807, 2.05) is 6.07 Å². The summed E-state index contributed by atoms with van der Waals surface area (Å²) in [7, 11) is 0. The number of ether oxygens (including phenoxy) is 1. The second-order valence-corrected chi connectivity index (χ2v) is 7.82. The van der Waals surface area contributed by atoms with Crippen molar-refractivity contribution in [3.05, 3.63) is 12.3 Å². The Balaban J connectivity index is 2.03. The van der Waals surface area contributed by atoms with Gasteiger partial charge in [0.05, 0.1) is 6.61 Å². The van der Waals surface area contributed by atoms with Gasteiger partial charge in [0.25, 0.3) is 0 Å². The normalized spacial score (nSPS) is 21.0. The molecule has 1 N–H and O–H groups in total. The van der Waals surface area contributed by atoms with Crippen LogP contribution in [0.5, 0.6) is 5.88 Å². The fourth-order valence-corrected chi connectivity index (χ4v) is 3.83. The fourth-order valence-electron chi connectivity index (χ4n) is 3.83. The Kier molecular flexibility index (Phi) is 4.74. The molecule has 0 atom stereocenters. The van der Waals surface area contributed by atoms with Crippen molar-refractivity contribution >= 4 is 5.95 Å². The van der Waals surface area contributed by atoms with Crippen LogP contribution in [0.2, 0.25) is 0 Å². The van der Waals surface area contributed by atoms with Crippen LogP contribution >= 0.6 is 0 Å². The van der Waals surface area contributed by atoms with Crippen LogP contribution in [0.1, 0.15) is 60.3 Å². The highest BCUT2D eigenvalue weighted by molar-refractivity contribution is 5.29. The summed E-state index contributed by atoms with van der Waals surface area (Å²) < 4.78 is 5.58. The van der Waals surface area contributed by atoms with Crippen molar-refractivity contribution in [1.82, 2.24) is 9.97 Å². The first kappa shape index (κ1) is 16.1. The molecule has 1 aliphatic rings. The number of aromatic nitrogens is 2. The Hall–Kier alpha value is -1.32. The Bertz CT molecular complexity index is 455. The Labute approximate surface area is 128 Å². The zero-order valence-electron chi connectivity index (χ0n) is 14.1. The average Bonchev–Trinajstić information content (AvgIpc) is 2.33. The summed E-state index contributed by atoms with van der Waals surface area (Å²) in [5, 5.41) is 3.51. The van der Waals surface area contributed by atoms with Crippen molar-refractivity contribution < 1.29 is 4.74 Å². The lowest BCUT2D eigenvalue weighted by Gasteiger charge is -2.45. The molecule has 21 heavy (non-hydrogen) atoms. The molecule has 0 amide bonds. The van der Waals surface area contributed by atoms with Crippen molar-refractivity contribution in [1.29, 1.82) is 0 Å². The van der Waals surface area contributed by atoms with Gasteiger partial charge in [-0.15, -0.1) is 0 Å². The van der Waals surface area contributed by atoms with E-state index in [4.69, 9.17) is 4.74 Å². The molecule has 1 aromatic heterocycles. The van der Waals surface area contributed by atoms with Gasteiger partial charge in [-0.1, -0.05) is 34.6 Å². The van der Waals surface area contributed by atoms with Crippen LogP contribution in [0.25, 0.3) is 0 Å². The van der Waals surface area contributed by atoms with E-state index >= 15 is 0 Å². The van der Waals surface area contributed by atoms with Gasteiger partial charge in [0.2, 0.25) is 11.8 Å². The molecule has 0 unspecified atom stereocenters. The maximum atomic E-state index is 5.58. The van der Waals surface area contributed by atoms with Crippen molar-refractivity contribution in [2.75, 3.05) is 11.9 Å². The molecule has 4 nitrogen and oxygen atoms in total. The summed E-state index contributed by atoms with van der Waals surface area (Å²) in [6.07, 6.45) is 6.32. The third-order valence-corrected chi connectivity index (χ3v) is 3.97. The third-order valence-electron chi connectivity index (χ3n) is 3.97. The third kappa shape index (κ3) is 4.87. The van der Waals surface area contributed by atoms with Crippen molar-refractivity contribution in [2.45, 2.75) is 66.3 Å². The van der Waals surface area contributed by atoms with Gasteiger partial charge in [0.1, 0.15) is 0 Å². The molecule has 1 aliphatic carbocycles. The number of nitrogens with zero attached hydrogens (tertiary/aromatic N) is 2. The summed E-state index contributed by atoms with van der Waals surface area (Å²) >= 11 is 0. The van der Waals surface area contributed by atoms with Gasteiger partial charge < -0.3 is 10.1 Å². The standard InChI is InChI=1S/C17H29N3O/c1-6-9-21-14-7-8-18-15(20-14)19-13-10-16(2,3)12-17(4,5)11-13/h7-8,13H,6,9-12H2,1-5H3,(H,18,19,20). The van der Waals surface area contributed by atoms with E-state index in [9.17, 15) is 0 Å². The Morgan fingerprint density at radius 2 is 1.90 bits per heavy atom. The smallest absolute Gasteiger partial charge is 0.226 e. The van der Waals surface area contributed by atoms with Gasteiger partial charge in [0, 0.05) is 18.3 Å². The molecule has 0 spiro atoms. The first-order valence-corrected chi connectivity index (χ1v) is 8.02. The average molecular weight is 291 g/mol.